The molecule has 8 heteroatoms. The topological polar surface area (TPSA) is 100 Å². The average molecular weight is 413 g/mol. The molecule has 0 aliphatic carbocycles. The molecule has 0 saturated carbocycles. The molecular weight excluding hydrogens is 390 g/mol. The molecule has 1 aliphatic rings. The number of nitrogens with one attached hydrogen (secondary N) is 1. The van der Waals surface area contributed by atoms with Crippen molar-refractivity contribution in [2.24, 2.45) is 0 Å². The van der Waals surface area contributed by atoms with Crippen molar-refractivity contribution in [3.63, 3.8) is 0 Å². The van der Waals surface area contributed by atoms with Gasteiger partial charge in [0.1, 0.15) is 19.0 Å². The van der Waals surface area contributed by atoms with Gasteiger partial charge in [-0.15, -0.1) is 0 Å². The lowest BCUT2D eigenvalue weighted by molar-refractivity contribution is -0.153. The average Bonchev–Trinajstić information content (AvgIpc) is 2.77. The minimum absolute atomic E-state index is 0.0423. The number of carbonyl (C=O) groups is 3. The Labute approximate surface area is 174 Å². The fraction of sp³-hybridized carbons (Fsp3) is 0.318. The fourth-order valence-electron chi connectivity index (χ4n) is 2.87. The third-order valence-electron chi connectivity index (χ3n) is 4.46. The lowest BCUT2D eigenvalue weighted by Gasteiger charge is -2.18. The largest absolute Gasteiger partial charge is 0.495 e. The molecule has 158 valence electrons. The summed E-state index contributed by atoms with van der Waals surface area (Å²) in [5.41, 5.74) is 0.899. The van der Waals surface area contributed by atoms with E-state index in [1.165, 1.54) is 14.0 Å². The number of ether oxygens (including phenoxy) is 4. The van der Waals surface area contributed by atoms with Crippen LogP contribution < -0.4 is 19.5 Å². The monoisotopic (exact) mass is 413 g/mol. The molecule has 8 nitrogen and oxygen atoms in total. The van der Waals surface area contributed by atoms with Gasteiger partial charge in [-0.3, -0.25) is 14.4 Å². The van der Waals surface area contributed by atoms with E-state index < -0.39 is 18.0 Å². The summed E-state index contributed by atoms with van der Waals surface area (Å²) in [5.74, 6) is 0.238. The number of carbonyl (C=O) groups excluding carboxylic acids is 3. The number of amides is 1. The molecule has 3 rings (SSSR count). The second-order valence-corrected chi connectivity index (χ2v) is 6.60. The van der Waals surface area contributed by atoms with E-state index in [1.54, 1.807) is 42.5 Å². The summed E-state index contributed by atoms with van der Waals surface area (Å²) in [6.45, 7) is 2.35. The number of para-hydroxylation sites is 2. The van der Waals surface area contributed by atoms with E-state index in [0.29, 0.717) is 41.7 Å². The number of ketones is 1. The van der Waals surface area contributed by atoms with E-state index in [-0.39, 0.29) is 18.6 Å². The number of fused-ring (bicyclic) bond motifs is 1. The zero-order chi connectivity index (χ0) is 21.5. The Balaban J connectivity index is 1.49. The quantitative estimate of drug-likeness (QED) is 0.524. The first-order valence-corrected chi connectivity index (χ1v) is 9.54. The fourth-order valence-corrected chi connectivity index (χ4v) is 2.87. The summed E-state index contributed by atoms with van der Waals surface area (Å²) in [4.78, 5) is 36.7. The van der Waals surface area contributed by atoms with Crippen LogP contribution in [0.5, 0.6) is 17.2 Å². The van der Waals surface area contributed by atoms with Crippen LogP contribution >= 0.6 is 0 Å². The zero-order valence-electron chi connectivity index (χ0n) is 16.8. The smallest absolute Gasteiger partial charge is 0.307 e. The van der Waals surface area contributed by atoms with Crippen LogP contribution in [0.15, 0.2) is 42.5 Å². The van der Waals surface area contributed by atoms with Crippen molar-refractivity contribution in [3.8, 4) is 17.2 Å². The molecule has 0 radical (unpaired) electrons. The van der Waals surface area contributed by atoms with Gasteiger partial charge in [0.05, 0.1) is 19.2 Å². The maximum Gasteiger partial charge on any atom is 0.307 e. The lowest BCUT2D eigenvalue weighted by atomic mass is 10.1. The van der Waals surface area contributed by atoms with Gasteiger partial charge in [0.2, 0.25) is 0 Å². The number of benzene rings is 2. The Morgan fingerprint density at radius 1 is 1.03 bits per heavy atom. The molecule has 2 aromatic carbocycles. The first-order valence-electron chi connectivity index (χ1n) is 9.54. The predicted octanol–water partition coefficient (Wildman–Crippen LogP) is 3.00. The molecule has 0 aromatic heterocycles. The highest BCUT2D eigenvalue weighted by molar-refractivity contribution is 5.99. The van der Waals surface area contributed by atoms with Gasteiger partial charge in [-0.25, -0.2) is 0 Å². The number of hydrogen-bond acceptors (Lipinski definition) is 7. The lowest BCUT2D eigenvalue weighted by Crippen LogP contribution is -2.30. The Bertz CT molecular complexity index is 941. The van der Waals surface area contributed by atoms with E-state index in [2.05, 4.69) is 5.32 Å². The van der Waals surface area contributed by atoms with Crippen LogP contribution in [0.1, 0.15) is 30.1 Å². The van der Waals surface area contributed by atoms with Gasteiger partial charge < -0.3 is 24.3 Å². The third kappa shape index (κ3) is 5.28. The second-order valence-electron chi connectivity index (χ2n) is 6.60. The minimum atomic E-state index is -1.02. The Hall–Kier alpha value is -3.55. The number of hydrogen-bond donors (Lipinski definition) is 1. The van der Waals surface area contributed by atoms with Gasteiger partial charge in [-0.1, -0.05) is 12.1 Å². The van der Waals surface area contributed by atoms with Crippen LogP contribution in [-0.4, -0.2) is 44.1 Å². The van der Waals surface area contributed by atoms with Crippen LogP contribution in [0.3, 0.4) is 0 Å². The van der Waals surface area contributed by atoms with Gasteiger partial charge >= 0.3 is 5.97 Å². The molecule has 2 aromatic rings. The van der Waals surface area contributed by atoms with Gasteiger partial charge in [0.15, 0.2) is 23.4 Å². The van der Waals surface area contributed by atoms with Crippen LogP contribution in [0, 0.1) is 0 Å². The molecule has 0 fully saturated rings. The Morgan fingerprint density at radius 2 is 1.77 bits per heavy atom. The van der Waals surface area contributed by atoms with E-state index in [9.17, 15) is 14.4 Å². The van der Waals surface area contributed by atoms with Crippen molar-refractivity contribution < 1.29 is 33.3 Å². The standard InChI is InChI=1S/C22H23NO7/c1-14(22(26)23-16-5-3-4-6-18(16)27-2)30-21(25)10-8-17(24)15-7-9-19-20(13-15)29-12-11-28-19/h3-7,9,13-14H,8,10-12H2,1-2H3,(H,23,26). The van der Waals surface area contributed by atoms with Crippen LogP contribution in [0.25, 0.3) is 0 Å². The summed E-state index contributed by atoms with van der Waals surface area (Å²) < 4.78 is 21.2. The van der Waals surface area contributed by atoms with E-state index in [4.69, 9.17) is 18.9 Å². The third-order valence-corrected chi connectivity index (χ3v) is 4.46. The first kappa shape index (κ1) is 21.2. The summed E-state index contributed by atoms with van der Waals surface area (Å²) in [7, 11) is 1.49. The van der Waals surface area contributed by atoms with Crippen molar-refractivity contribution in [2.45, 2.75) is 25.9 Å². The minimum Gasteiger partial charge on any atom is -0.495 e. The molecule has 1 aliphatic heterocycles. The Morgan fingerprint density at radius 3 is 2.53 bits per heavy atom. The maximum atomic E-state index is 12.4. The molecule has 0 saturated heterocycles. The molecule has 0 spiro atoms. The summed E-state index contributed by atoms with van der Waals surface area (Å²) in [6.07, 6.45) is -1.20. The maximum absolute atomic E-state index is 12.4. The number of methoxy groups -OCH3 is 1. The first-order chi connectivity index (χ1) is 14.5. The second kappa shape index (κ2) is 9.78. The molecule has 1 heterocycles. The number of anilines is 1. The number of esters is 1. The van der Waals surface area contributed by atoms with Crippen molar-refractivity contribution in [3.05, 3.63) is 48.0 Å². The molecule has 1 unspecified atom stereocenters. The summed E-state index contributed by atoms with van der Waals surface area (Å²) in [5, 5.41) is 2.65. The molecule has 1 atom stereocenters. The van der Waals surface area contributed by atoms with Crippen molar-refractivity contribution >= 4 is 23.3 Å². The van der Waals surface area contributed by atoms with Crippen molar-refractivity contribution in [1.82, 2.24) is 0 Å². The molecular formula is C22H23NO7. The number of Topliss-reactive ketones (excluding diaryl/α,β-unsaturated/α-hetero) is 1. The Kier molecular flexibility index (Phi) is 6.90. The van der Waals surface area contributed by atoms with Crippen LogP contribution in [0.2, 0.25) is 0 Å². The highest BCUT2D eigenvalue weighted by Gasteiger charge is 2.21. The normalized spacial score (nSPS) is 13.1. The zero-order valence-corrected chi connectivity index (χ0v) is 16.8. The van der Waals surface area contributed by atoms with E-state index in [1.807, 2.05) is 0 Å². The molecule has 1 N–H and O–H groups in total. The van der Waals surface area contributed by atoms with Crippen LogP contribution in [-0.2, 0) is 14.3 Å². The van der Waals surface area contributed by atoms with Gasteiger partial charge in [0.25, 0.3) is 5.91 Å². The van der Waals surface area contributed by atoms with Gasteiger partial charge in [0, 0.05) is 12.0 Å². The summed E-state index contributed by atoms with van der Waals surface area (Å²) in [6, 6.07) is 11.8. The highest BCUT2D eigenvalue weighted by Crippen LogP contribution is 2.31. The molecule has 30 heavy (non-hydrogen) atoms. The van der Waals surface area contributed by atoms with Crippen molar-refractivity contribution in [2.75, 3.05) is 25.6 Å². The molecule has 1 amide bonds. The van der Waals surface area contributed by atoms with Gasteiger partial charge in [-0.05, 0) is 37.3 Å². The van der Waals surface area contributed by atoms with E-state index in [0.717, 1.165) is 0 Å². The van der Waals surface area contributed by atoms with Gasteiger partial charge in [-0.2, -0.15) is 0 Å². The van der Waals surface area contributed by atoms with Crippen molar-refractivity contribution in [1.29, 1.82) is 0 Å². The molecule has 0 bridgehead atoms. The predicted molar refractivity (Wildman–Crippen MR) is 108 cm³/mol. The number of rotatable bonds is 8. The van der Waals surface area contributed by atoms with Crippen LogP contribution in [0.4, 0.5) is 5.69 Å². The SMILES string of the molecule is COc1ccccc1NC(=O)C(C)OC(=O)CCC(=O)c1ccc2c(c1)OCCO2. The van der Waals surface area contributed by atoms with E-state index >= 15 is 0 Å². The highest BCUT2D eigenvalue weighted by atomic mass is 16.6. The summed E-state index contributed by atoms with van der Waals surface area (Å²) >= 11 is 0.